The van der Waals surface area contributed by atoms with E-state index in [-0.39, 0.29) is 12.8 Å². The lowest BCUT2D eigenvalue weighted by Gasteiger charge is -2.14. The topological polar surface area (TPSA) is 106 Å². The number of carboxylic acids is 1. The summed E-state index contributed by atoms with van der Waals surface area (Å²) in [5.41, 5.74) is 1.89. The molecule has 8 heteroatoms. The highest BCUT2D eigenvalue weighted by Crippen LogP contribution is 2.29. The van der Waals surface area contributed by atoms with Crippen molar-refractivity contribution >= 4 is 34.6 Å². The van der Waals surface area contributed by atoms with Gasteiger partial charge in [-0.05, 0) is 56.4 Å². The highest BCUT2D eigenvalue weighted by atomic mass is 32.2. The van der Waals surface area contributed by atoms with Crippen LogP contribution in [-0.2, 0) is 16.0 Å². The van der Waals surface area contributed by atoms with E-state index in [9.17, 15) is 19.5 Å². The average molecular weight is 407 g/mol. The molecule has 2 N–H and O–H groups in total. The molecular weight excluding hydrogens is 382 g/mol. The molecule has 0 spiro atoms. The number of amides is 1. The van der Waals surface area contributed by atoms with Crippen LogP contribution < -0.4 is 15.7 Å². The Bertz CT molecular complexity index is 936. The van der Waals surface area contributed by atoms with E-state index in [0.717, 1.165) is 16.5 Å². The van der Waals surface area contributed by atoms with E-state index >= 15 is 0 Å². The first kappa shape index (κ1) is 21.8. The summed E-state index contributed by atoms with van der Waals surface area (Å²) >= 11 is 1.52. The Morgan fingerprint density at radius 3 is 2.61 bits per heavy atom. The lowest BCUT2D eigenvalue weighted by molar-refractivity contribution is -0.141. The number of benzene rings is 1. The van der Waals surface area contributed by atoms with Gasteiger partial charge in [-0.1, -0.05) is 0 Å². The molecule has 1 aromatic heterocycles. The Morgan fingerprint density at radius 1 is 1.29 bits per heavy atom. The van der Waals surface area contributed by atoms with Gasteiger partial charge in [0.2, 0.25) is 5.91 Å². The number of hydrogen-bond donors (Lipinski definition) is 2. The maximum atomic E-state index is 12.5. The van der Waals surface area contributed by atoms with Gasteiger partial charge >= 0.3 is 11.6 Å². The summed E-state index contributed by atoms with van der Waals surface area (Å²) < 4.78 is 10.7. The number of carboxylic acid groups (broad SMARTS) is 1. The van der Waals surface area contributed by atoms with Gasteiger partial charge in [0, 0.05) is 22.9 Å². The summed E-state index contributed by atoms with van der Waals surface area (Å²) in [6.07, 6.45) is 2.41. The summed E-state index contributed by atoms with van der Waals surface area (Å²) in [6, 6.07) is 2.71. The third-order valence-corrected chi connectivity index (χ3v) is 5.36. The molecule has 0 aliphatic carbocycles. The molecule has 0 saturated heterocycles. The van der Waals surface area contributed by atoms with Crippen LogP contribution in [-0.4, -0.2) is 42.1 Å². The van der Waals surface area contributed by atoms with Gasteiger partial charge in [-0.25, -0.2) is 9.59 Å². The van der Waals surface area contributed by atoms with Crippen molar-refractivity contribution in [1.82, 2.24) is 5.32 Å². The number of thioether (sulfide) groups is 1. The molecule has 1 unspecified atom stereocenters. The van der Waals surface area contributed by atoms with E-state index < -0.39 is 23.5 Å². The molecule has 0 radical (unpaired) electrons. The quantitative estimate of drug-likeness (QED) is 0.616. The third-order valence-electron chi connectivity index (χ3n) is 4.72. The number of aryl methyl sites for hydroxylation is 2. The standard InChI is InChI=1S/C20H25NO6S/c1-11-13-5-7-16(26-3)12(2)18(13)27-20(25)14(11)6-8-17(22)21-15(19(23)24)9-10-28-4/h5,7,15H,6,8-10H2,1-4H3,(H,21,22)(H,23,24). The molecule has 28 heavy (non-hydrogen) atoms. The first-order valence-electron chi connectivity index (χ1n) is 8.91. The van der Waals surface area contributed by atoms with Crippen molar-refractivity contribution < 1.29 is 23.8 Å². The number of fused-ring (bicyclic) bond motifs is 1. The van der Waals surface area contributed by atoms with E-state index in [1.807, 2.05) is 32.2 Å². The fourth-order valence-corrected chi connectivity index (χ4v) is 3.55. The van der Waals surface area contributed by atoms with Crippen molar-refractivity contribution in [2.75, 3.05) is 19.1 Å². The van der Waals surface area contributed by atoms with Gasteiger partial charge in [-0.2, -0.15) is 11.8 Å². The molecule has 0 aliphatic rings. The number of aliphatic carboxylic acids is 1. The molecule has 1 atom stereocenters. The smallest absolute Gasteiger partial charge is 0.339 e. The maximum Gasteiger partial charge on any atom is 0.339 e. The number of nitrogens with one attached hydrogen (secondary N) is 1. The molecule has 2 aromatic rings. The van der Waals surface area contributed by atoms with Gasteiger partial charge in [-0.3, -0.25) is 4.79 Å². The molecule has 1 amide bonds. The number of carbonyl (C=O) groups is 2. The van der Waals surface area contributed by atoms with Crippen molar-refractivity contribution in [3.05, 3.63) is 39.2 Å². The zero-order valence-electron chi connectivity index (χ0n) is 16.5. The Labute approximate surface area is 167 Å². The summed E-state index contributed by atoms with van der Waals surface area (Å²) in [6.45, 7) is 3.63. The van der Waals surface area contributed by atoms with Crippen molar-refractivity contribution in [2.24, 2.45) is 0 Å². The van der Waals surface area contributed by atoms with Crippen LogP contribution in [0.3, 0.4) is 0 Å². The van der Waals surface area contributed by atoms with Crippen LogP contribution in [0.25, 0.3) is 11.0 Å². The van der Waals surface area contributed by atoms with Crippen LogP contribution in [0.5, 0.6) is 5.75 Å². The number of carbonyl (C=O) groups excluding carboxylic acids is 1. The van der Waals surface area contributed by atoms with Gasteiger partial charge in [0.15, 0.2) is 0 Å². The highest BCUT2D eigenvalue weighted by Gasteiger charge is 2.20. The summed E-state index contributed by atoms with van der Waals surface area (Å²) in [4.78, 5) is 35.9. The lowest BCUT2D eigenvalue weighted by atomic mass is 10.00. The summed E-state index contributed by atoms with van der Waals surface area (Å²) in [5, 5.41) is 12.5. The van der Waals surface area contributed by atoms with Crippen LogP contribution >= 0.6 is 11.8 Å². The second-order valence-corrected chi connectivity index (χ2v) is 7.49. The second-order valence-electron chi connectivity index (χ2n) is 6.50. The number of methoxy groups -OCH3 is 1. The zero-order valence-corrected chi connectivity index (χ0v) is 17.3. The molecule has 7 nitrogen and oxygen atoms in total. The molecule has 152 valence electrons. The first-order chi connectivity index (χ1) is 13.3. The van der Waals surface area contributed by atoms with Crippen LogP contribution in [0, 0.1) is 13.8 Å². The van der Waals surface area contributed by atoms with E-state index in [4.69, 9.17) is 9.15 Å². The predicted molar refractivity (Wildman–Crippen MR) is 109 cm³/mol. The van der Waals surface area contributed by atoms with Crippen LogP contribution in [0.2, 0.25) is 0 Å². The minimum absolute atomic E-state index is 0.00922. The van der Waals surface area contributed by atoms with E-state index in [0.29, 0.717) is 29.1 Å². The Morgan fingerprint density at radius 2 is 2.00 bits per heavy atom. The van der Waals surface area contributed by atoms with Crippen LogP contribution in [0.15, 0.2) is 21.3 Å². The van der Waals surface area contributed by atoms with Gasteiger partial charge in [0.25, 0.3) is 0 Å². The Hall–Kier alpha value is -2.48. The number of rotatable bonds is 9. The number of ether oxygens (including phenoxy) is 1. The summed E-state index contributed by atoms with van der Waals surface area (Å²) in [5.74, 6) is -0.202. The fourth-order valence-electron chi connectivity index (χ4n) is 3.08. The van der Waals surface area contributed by atoms with Gasteiger partial charge < -0.3 is 19.6 Å². The molecular formula is C20H25NO6S. The van der Waals surface area contributed by atoms with E-state index in [1.54, 1.807) is 7.11 Å². The van der Waals surface area contributed by atoms with Crippen LogP contribution in [0.1, 0.15) is 29.5 Å². The molecule has 0 aliphatic heterocycles. The van der Waals surface area contributed by atoms with Crippen molar-refractivity contribution in [3.8, 4) is 5.75 Å². The minimum Gasteiger partial charge on any atom is -0.496 e. The first-order valence-corrected chi connectivity index (χ1v) is 10.3. The van der Waals surface area contributed by atoms with Gasteiger partial charge in [0.1, 0.15) is 17.4 Å². The van der Waals surface area contributed by atoms with Crippen molar-refractivity contribution in [3.63, 3.8) is 0 Å². The molecule has 0 saturated carbocycles. The largest absolute Gasteiger partial charge is 0.496 e. The molecule has 1 aromatic carbocycles. The van der Waals surface area contributed by atoms with Crippen molar-refractivity contribution in [2.45, 2.75) is 39.2 Å². The van der Waals surface area contributed by atoms with Gasteiger partial charge in [0.05, 0.1) is 7.11 Å². The van der Waals surface area contributed by atoms with Crippen LogP contribution in [0.4, 0.5) is 0 Å². The molecule has 0 bridgehead atoms. The molecule has 1 heterocycles. The SMILES string of the molecule is COc1ccc2c(C)c(CCC(=O)NC(CCSC)C(=O)O)c(=O)oc2c1C. The normalized spacial score (nSPS) is 12.0. The maximum absolute atomic E-state index is 12.5. The highest BCUT2D eigenvalue weighted by molar-refractivity contribution is 7.98. The lowest BCUT2D eigenvalue weighted by Crippen LogP contribution is -2.41. The molecule has 0 fully saturated rings. The second kappa shape index (κ2) is 9.64. The Kier molecular flexibility index (Phi) is 7.51. The molecule has 2 rings (SSSR count). The predicted octanol–water partition coefficient (Wildman–Crippen LogP) is 2.67. The van der Waals surface area contributed by atoms with E-state index in [1.165, 1.54) is 11.8 Å². The summed E-state index contributed by atoms with van der Waals surface area (Å²) in [7, 11) is 1.55. The number of hydrogen-bond acceptors (Lipinski definition) is 6. The average Bonchev–Trinajstić information content (AvgIpc) is 2.65. The zero-order chi connectivity index (χ0) is 20.8. The van der Waals surface area contributed by atoms with Crippen molar-refractivity contribution in [1.29, 1.82) is 0 Å². The third kappa shape index (κ3) is 4.86. The van der Waals surface area contributed by atoms with Gasteiger partial charge in [-0.15, -0.1) is 0 Å². The Balaban J connectivity index is 2.19. The fraction of sp³-hybridized carbons (Fsp3) is 0.450. The minimum atomic E-state index is -1.06. The monoisotopic (exact) mass is 407 g/mol. The van der Waals surface area contributed by atoms with E-state index in [2.05, 4.69) is 5.32 Å².